The summed E-state index contributed by atoms with van der Waals surface area (Å²) in [5.74, 6) is 0.542. The molecule has 470 valence electrons. The predicted molar refractivity (Wildman–Crippen MR) is 312 cm³/mol. The molecule has 4 fully saturated rings. The molecular weight excluding hydrogens is 1030 g/mol. The van der Waals surface area contributed by atoms with Gasteiger partial charge < -0.3 is 78.0 Å². The summed E-state index contributed by atoms with van der Waals surface area (Å²) in [5, 5.41) is 24.5. The van der Waals surface area contributed by atoms with Crippen LogP contribution in [0.2, 0.25) is 0 Å². The fourth-order valence-electron chi connectivity index (χ4n) is 7.06. The maximum absolute atomic E-state index is 11.1. The van der Waals surface area contributed by atoms with E-state index in [1.54, 1.807) is 47.0 Å². The van der Waals surface area contributed by atoms with Gasteiger partial charge in [0.15, 0.2) is 6.54 Å². The summed E-state index contributed by atoms with van der Waals surface area (Å²) in [7, 11) is 33.9. The molecule has 0 aromatic carbocycles. The van der Waals surface area contributed by atoms with Crippen molar-refractivity contribution < 1.29 is 86.0 Å². The number of ketones is 1. The number of pyridine rings is 1. The zero-order valence-corrected chi connectivity index (χ0v) is 50.9. The Hall–Kier alpha value is -4.66. The highest BCUT2D eigenvalue weighted by molar-refractivity contribution is 5.81. The number of nitrogens with two attached hydrogens (primary N) is 9. The minimum absolute atomic E-state index is 0.0579. The fraction of sp³-hybridized carbons (Fsp3) is 0.603. The second-order valence-electron chi connectivity index (χ2n) is 19.9. The number of carbonyl (C=O) groups is 5. The zero-order valence-electron chi connectivity index (χ0n) is 50.9. The number of hydrogen-bond donors (Lipinski definition) is 12. The van der Waals surface area contributed by atoms with Gasteiger partial charge in [0.1, 0.15) is 41.3 Å². The van der Waals surface area contributed by atoms with E-state index in [2.05, 4.69) is 94.3 Å². The van der Waals surface area contributed by atoms with E-state index in [4.69, 9.17) is 14.2 Å². The minimum Gasteiger partial charge on any atom is -0.478 e. The Morgan fingerprint density at radius 1 is 0.642 bits per heavy atom. The molecule has 3 amide bonds. The number of methoxy groups -OCH3 is 1. The van der Waals surface area contributed by atoms with Gasteiger partial charge in [0.25, 0.3) is 17.7 Å². The van der Waals surface area contributed by atoms with Crippen LogP contribution in [0.15, 0.2) is 36.8 Å². The molecule has 0 saturated carbocycles. The summed E-state index contributed by atoms with van der Waals surface area (Å²) in [6.07, 6.45) is 19.2. The van der Waals surface area contributed by atoms with Crippen molar-refractivity contribution in [3.8, 4) is 0 Å². The molecule has 23 heteroatoms. The molecule has 0 radical (unpaired) electrons. The summed E-state index contributed by atoms with van der Waals surface area (Å²) >= 11 is 0. The van der Waals surface area contributed by atoms with Crippen molar-refractivity contribution in [2.24, 2.45) is 0 Å². The van der Waals surface area contributed by atoms with Gasteiger partial charge in [-0.05, 0) is 91.2 Å². The average molecular weight is 1150 g/mol. The number of esters is 1. The number of carbonyl (C=O) groups excluding carboxylic acids is 5. The van der Waals surface area contributed by atoms with Gasteiger partial charge in [-0.15, -0.1) is 0 Å². The molecular formula is C58H115N15O8. The Labute approximate surface area is 489 Å². The number of aromatic nitrogens is 3. The SMILES string of the molecule is [CH2-][NH2+]C1CCCCNC1=O.[CH2-][NH2+]CC(=O)OC(C)(C)C.[CH2-][NH2+]CC1CCCO1.[CH2-][NH2+]CCC(=O)CC.[CH2-][NH2+]CCOC.[CH2-][NH2+]Cc1ccccn1.[CH2-][NH2+]Cc1cnc(C)cn1.[CH2-][NH2+][C@@H]1CCCCNC1=O.[CH2-][NH2+][C@H]1CCCCNC1=O. The van der Waals surface area contributed by atoms with Gasteiger partial charge in [-0.3, -0.25) is 34.1 Å². The van der Waals surface area contributed by atoms with Crippen LogP contribution in [0, 0.1) is 70.4 Å². The van der Waals surface area contributed by atoms with E-state index in [0.29, 0.717) is 24.7 Å². The predicted octanol–water partition coefficient (Wildman–Crippen LogP) is -5.49. The second kappa shape index (κ2) is 57.2. The van der Waals surface area contributed by atoms with E-state index < -0.39 is 0 Å². The smallest absolute Gasteiger partial charge is 0.359 e. The molecule has 21 N–H and O–H groups in total. The fourth-order valence-corrected chi connectivity index (χ4v) is 7.06. The van der Waals surface area contributed by atoms with Crippen LogP contribution >= 0.6 is 0 Å². The Balaban J connectivity index is -0.000000848. The van der Waals surface area contributed by atoms with E-state index >= 15 is 0 Å². The van der Waals surface area contributed by atoms with Gasteiger partial charge in [-0.2, -0.15) is 63.4 Å². The quantitative estimate of drug-likeness (QED) is 0.0380. The van der Waals surface area contributed by atoms with Crippen LogP contribution in [0.4, 0.5) is 0 Å². The van der Waals surface area contributed by atoms with E-state index in [-0.39, 0.29) is 54.0 Å². The van der Waals surface area contributed by atoms with Crippen LogP contribution in [0.3, 0.4) is 0 Å². The van der Waals surface area contributed by atoms with Crippen molar-refractivity contribution in [3.05, 3.63) is 117 Å². The van der Waals surface area contributed by atoms with Crippen LogP contribution in [0.5, 0.6) is 0 Å². The number of Topliss-reactive ketones (excluding diaryl/α,β-unsaturated/α-hetero) is 1. The molecule has 23 nitrogen and oxygen atoms in total. The molecule has 4 aliphatic rings. The van der Waals surface area contributed by atoms with Crippen molar-refractivity contribution in [2.45, 2.75) is 161 Å². The molecule has 2 aromatic heterocycles. The number of nitrogens with one attached hydrogen (secondary N) is 3. The summed E-state index contributed by atoms with van der Waals surface area (Å²) < 4.78 is 15.0. The first-order valence-electron chi connectivity index (χ1n) is 28.8. The first kappa shape index (κ1) is 80.6. The highest BCUT2D eigenvalue weighted by Crippen LogP contribution is 2.09. The third-order valence-electron chi connectivity index (χ3n) is 11.6. The molecule has 81 heavy (non-hydrogen) atoms. The number of hydrogen-bond acceptors (Lipinski definition) is 11. The second-order valence-corrected chi connectivity index (χ2v) is 19.9. The Morgan fingerprint density at radius 3 is 1.51 bits per heavy atom. The van der Waals surface area contributed by atoms with Crippen molar-refractivity contribution in [3.63, 3.8) is 0 Å². The van der Waals surface area contributed by atoms with Gasteiger partial charge >= 0.3 is 5.97 Å². The monoisotopic (exact) mass is 1150 g/mol. The molecule has 2 aromatic rings. The van der Waals surface area contributed by atoms with Gasteiger partial charge in [-0.1, -0.05) is 13.0 Å². The largest absolute Gasteiger partial charge is 0.478 e. The van der Waals surface area contributed by atoms with E-state index in [1.807, 2.05) is 74.1 Å². The van der Waals surface area contributed by atoms with Crippen molar-refractivity contribution in [2.75, 3.05) is 66.1 Å². The lowest BCUT2D eigenvalue weighted by Gasteiger charge is -2.18. The maximum Gasteiger partial charge on any atom is 0.359 e. The lowest BCUT2D eigenvalue weighted by atomic mass is 10.1. The number of amides is 3. The Bertz CT molecular complexity index is 1700. The number of nitrogens with zero attached hydrogens (tertiary/aromatic N) is 3. The number of rotatable bonds is 18. The molecule has 0 spiro atoms. The third-order valence-corrected chi connectivity index (χ3v) is 11.6. The van der Waals surface area contributed by atoms with Crippen molar-refractivity contribution >= 4 is 29.5 Å². The average Bonchev–Trinajstić information content (AvgIpc) is 3.61. The summed E-state index contributed by atoms with van der Waals surface area (Å²) in [5.41, 5.74) is 2.63. The molecule has 6 rings (SSSR count). The number of ether oxygens (including phenoxy) is 3. The highest BCUT2D eigenvalue weighted by Gasteiger charge is 2.21. The molecule has 0 bridgehead atoms. The molecule has 4 saturated heterocycles. The van der Waals surface area contributed by atoms with Crippen LogP contribution in [0.25, 0.3) is 0 Å². The van der Waals surface area contributed by atoms with Gasteiger partial charge in [0, 0.05) is 71.4 Å². The van der Waals surface area contributed by atoms with Crippen LogP contribution < -0.4 is 63.8 Å². The lowest BCUT2D eigenvalue weighted by molar-refractivity contribution is -0.620. The summed E-state index contributed by atoms with van der Waals surface area (Å²) in [6.45, 7) is 18.3. The van der Waals surface area contributed by atoms with Gasteiger partial charge in [-0.25, -0.2) is 4.79 Å². The summed E-state index contributed by atoms with van der Waals surface area (Å²) in [6, 6.07) is 6.05. The van der Waals surface area contributed by atoms with E-state index in [9.17, 15) is 24.0 Å². The first-order chi connectivity index (χ1) is 38.9. The molecule has 6 heterocycles. The minimum atomic E-state index is -0.375. The Morgan fingerprint density at radius 2 is 1.16 bits per heavy atom. The first-order valence-corrected chi connectivity index (χ1v) is 28.8. The summed E-state index contributed by atoms with van der Waals surface area (Å²) in [4.78, 5) is 66.8. The normalized spacial score (nSPS) is 18.2. The third kappa shape index (κ3) is 51.9. The Kier molecular flexibility index (Phi) is 56.9. The van der Waals surface area contributed by atoms with Crippen molar-refractivity contribution in [1.82, 2.24) is 30.9 Å². The van der Waals surface area contributed by atoms with E-state index in [0.717, 1.165) is 140 Å². The van der Waals surface area contributed by atoms with Crippen LogP contribution in [0.1, 0.15) is 128 Å². The van der Waals surface area contributed by atoms with Crippen molar-refractivity contribution in [1.29, 1.82) is 0 Å². The topological polar surface area (TPSA) is 337 Å². The highest BCUT2D eigenvalue weighted by atomic mass is 16.6. The molecule has 0 aliphatic carbocycles. The molecule has 4 atom stereocenters. The van der Waals surface area contributed by atoms with Gasteiger partial charge in [0.05, 0.1) is 63.3 Å². The van der Waals surface area contributed by atoms with Crippen LogP contribution in [-0.2, 0) is 51.3 Å². The number of quaternary nitrogens is 9. The molecule has 4 aliphatic heterocycles. The zero-order chi connectivity index (χ0) is 61.4. The van der Waals surface area contributed by atoms with E-state index in [1.165, 1.54) is 18.2 Å². The number of aryl methyl sites for hydroxylation is 1. The molecule has 2 unspecified atom stereocenters. The maximum atomic E-state index is 11.1. The standard InChI is InChI=1S/C7H11N3.3C7H14N2O.C7H10N2.C7H15NO2.2C6H13NO.C4H11NO/c1-6-3-10-7(4-8-2)5-9-6;3*1-8-6-4-2-3-5-9-7(6)10;1-8-6-7-4-2-3-5-9-7;1-7(2,3)10-6(9)5-8-4;1-7-5-6-3-2-4-8-6;1-3-6(8)4-5-7-2;1-5-3-4-6-2/h3,5H,2,4,8H2,1H3;3*6H,1-5,8H2,(H,9,10);2-5H,1,6,8H2;4-5,8H2,1-3H3;6H,1-5,7H2;2-5,7H2,1H3;1,3-5H2,2H3/t;2*6-;;;;;;/m.10....../s1. The van der Waals surface area contributed by atoms with Gasteiger partial charge in [0.2, 0.25) is 0 Å². The lowest BCUT2D eigenvalue weighted by Crippen LogP contribution is -2.86. The van der Waals surface area contributed by atoms with Crippen LogP contribution in [-0.4, -0.2) is 140 Å².